The van der Waals surface area contributed by atoms with Crippen LogP contribution >= 0.6 is 12.4 Å². The highest BCUT2D eigenvalue weighted by Crippen LogP contribution is 2.23. The Labute approximate surface area is 180 Å². The summed E-state index contributed by atoms with van der Waals surface area (Å²) in [6, 6.07) is 8.21. The van der Waals surface area contributed by atoms with Gasteiger partial charge >= 0.3 is 0 Å². The molecule has 0 bridgehead atoms. The zero-order valence-electron chi connectivity index (χ0n) is 16.6. The van der Waals surface area contributed by atoms with Crippen LogP contribution in [0.15, 0.2) is 36.5 Å². The number of carbonyl (C=O) groups excluding carboxylic acids is 1. The average molecular weight is 436 g/mol. The molecule has 0 saturated carbocycles. The Bertz CT molecular complexity index is 858. The van der Waals surface area contributed by atoms with E-state index in [1.54, 1.807) is 18.2 Å². The standard InChI is InChI=1S/C20H25N5O4.ClH/c26-20(19-9-13-24(22-19)16-2-1-10-21-14-16)23-11-7-18(8-12-23)29-17-5-3-15(4-6-17)25(27)28;/h3-6,9,13,16,18,21H,1-2,7-8,10-12,14H2;1H. The number of ether oxygens (including phenoxy) is 1. The van der Waals surface area contributed by atoms with Crippen molar-refractivity contribution in [3.63, 3.8) is 0 Å². The van der Waals surface area contributed by atoms with Crippen molar-refractivity contribution in [3.8, 4) is 5.75 Å². The van der Waals surface area contributed by atoms with Gasteiger partial charge in [-0.05, 0) is 37.6 Å². The maximum atomic E-state index is 12.8. The highest BCUT2D eigenvalue weighted by atomic mass is 35.5. The van der Waals surface area contributed by atoms with Crippen molar-refractivity contribution in [2.75, 3.05) is 26.2 Å². The van der Waals surface area contributed by atoms with E-state index in [1.165, 1.54) is 12.1 Å². The van der Waals surface area contributed by atoms with E-state index in [0.717, 1.165) is 38.8 Å². The van der Waals surface area contributed by atoms with Crippen molar-refractivity contribution < 1.29 is 14.5 Å². The molecule has 4 rings (SSSR count). The molecule has 1 unspecified atom stereocenters. The van der Waals surface area contributed by atoms with Gasteiger partial charge in [0, 0.05) is 50.8 Å². The second-order valence-corrected chi connectivity index (χ2v) is 7.54. The Morgan fingerprint density at radius 2 is 1.90 bits per heavy atom. The van der Waals surface area contributed by atoms with Crippen molar-refractivity contribution in [2.24, 2.45) is 0 Å². The number of benzene rings is 1. The number of nitro groups is 1. The molecule has 1 N–H and O–H groups in total. The number of non-ortho nitro benzene ring substituents is 1. The van der Waals surface area contributed by atoms with Crippen molar-refractivity contribution in [1.29, 1.82) is 0 Å². The van der Waals surface area contributed by atoms with Crippen LogP contribution in [0.4, 0.5) is 5.69 Å². The molecule has 0 aliphatic carbocycles. The molecule has 2 fully saturated rings. The molecule has 1 amide bonds. The van der Waals surface area contributed by atoms with E-state index in [4.69, 9.17) is 4.74 Å². The maximum Gasteiger partial charge on any atom is 0.274 e. The Morgan fingerprint density at radius 3 is 2.53 bits per heavy atom. The van der Waals surface area contributed by atoms with Crippen LogP contribution in [0.1, 0.15) is 42.2 Å². The lowest BCUT2D eigenvalue weighted by Gasteiger charge is -2.31. The highest BCUT2D eigenvalue weighted by molar-refractivity contribution is 5.92. The lowest BCUT2D eigenvalue weighted by Crippen LogP contribution is -2.42. The van der Waals surface area contributed by atoms with Crippen LogP contribution in [-0.2, 0) is 0 Å². The number of nitrogens with one attached hydrogen (secondary N) is 1. The van der Waals surface area contributed by atoms with E-state index in [0.29, 0.717) is 30.6 Å². The summed E-state index contributed by atoms with van der Waals surface area (Å²) in [5.41, 5.74) is 0.534. The first kappa shape index (κ1) is 22.0. The average Bonchev–Trinajstić information content (AvgIpc) is 3.25. The summed E-state index contributed by atoms with van der Waals surface area (Å²) < 4.78 is 7.83. The second-order valence-electron chi connectivity index (χ2n) is 7.54. The first-order chi connectivity index (χ1) is 14.1. The first-order valence-electron chi connectivity index (χ1n) is 10.1. The summed E-state index contributed by atoms with van der Waals surface area (Å²) in [6.07, 6.45) is 5.52. The third-order valence-corrected chi connectivity index (χ3v) is 5.55. The zero-order chi connectivity index (χ0) is 20.2. The molecule has 162 valence electrons. The van der Waals surface area contributed by atoms with E-state index in [-0.39, 0.29) is 30.1 Å². The molecule has 3 heterocycles. The number of piperidine rings is 2. The number of halogens is 1. The summed E-state index contributed by atoms with van der Waals surface area (Å²) in [5.74, 6) is 0.571. The van der Waals surface area contributed by atoms with Gasteiger partial charge in [-0.3, -0.25) is 19.6 Å². The number of hydrogen-bond donors (Lipinski definition) is 1. The van der Waals surface area contributed by atoms with E-state index in [2.05, 4.69) is 10.4 Å². The van der Waals surface area contributed by atoms with E-state index >= 15 is 0 Å². The predicted octanol–water partition coefficient (Wildman–Crippen LogP) is 2.82. The molecule has 1 aromatic carbocycles. The van der Waals surface area contributed by atoms with Crippen molar-refractivity contribution in [3.05, 3.63) is 52.3 Å². The molecule has 2 aliphatic rings. The molecule has 0 radical (unpaired) electrons. The number of nitro benzene ring substituents is 1. The highest BCUT2D eigenvalue weighted by Gasteiger charge is 2.27. The second kappa shape index (κ2) is 9.90. The lowest BCUT2D eigenvalue weighted by molar-refractivity contribution is -0.384. The summed E-state index contributed by atoms with van der Waals surface area (Å²) in [6.45, 7) is 3.14. The SMILES string of the molecule is Cl.O=C(c1ccn(C2CCCNC2)n1)N1CCC(Oc2ccc([N+](=O)[O-])cc2)CC1. The Morgan fingerprint density at radius 1 is 1.17 bits per heavy atom. The van der Waals surface area contributed by atoms with Crippen molar-refractivity contribution in [2.45, 2.75) is 37.8 Å². The van der Waals surface area contributed by atoms with E-state index in [9.17, 15) is 14.9 Å². The first-order valence-corrected chi connectivity index (χ1v) is 10.1. The molecule has 2 aliphatic heterocycles. The minimum Gasteiger partial charge on any atom is -0.490 e. The van der Waals surface area contributed by atoms with Crippen LogP contribution in [-0.4, -0.2) is 57.8 Å². The molecular weight excluding hydrogens is 410 g/mol. The molecule has 30 heavy (non-hydrogen) atoms. The normalized spacial score (nSPS) is 19.7. The fourth-order valence-electron chi connectivity index (χ4n) is 3.89. The quantitative estimate of drug-likeness (QED) is 0.572. The van der Waals surface area contributed by atoms with Crippen molar-refractivity contribution >= 4 is 24.0 Å². The van der Waals surface area contributed by atoms with Gasteiger partial charge in [0.1, 0.15) is 17.5 Å². The number of nitrogens with zero attached hydrogens (tertiary/aromatic N) is 4. The molecule has 0 spiro atoms. The monoisotopic (exact) mass is 435 g/mol. The molecule has 1 atom stereocenters. The van der Waals surface area contributed by atoms with Gasteiger partial charge in [0.2, 0.25) is 0 Å². The fraction of sp³-hybridized carbons (Fsp3) is 0.500. The topological polar surface area (TPSA) is 103 Å². The molecule has 2 saturated heterocycles. The summed E-state index contributed by atoms with van der Waals surface area (Å²) in [5, 5.41) is 18.6. The Balaban J connectivity index is 0.00000256. The van der Waals surface area contributed by atoms with Crippen LogP contribution in [0, 0.1) is 10.1 Å². The summed E-state index contributed by atoms with van der Waals surface area (Å²) >= 11 is 0. The number of hydrogen-bond acceptors (Lipinski definition) is 6. The summed E-state index contributed by atoms with van der Waals surface area (Å²) in [4.78, 5) is 24.9. The van der Waals surface area contributed by atoms with Crippen LogP contribution in [0.3, 0.4) is 0 Å². The molecule has 10 heteroatoms. The smallest absolute Gasteiger partial charge is 0.274 e. The van der Waals surface area contributed by atoms with Crippen LogP contribution < -0.4 is 10.1 Å². The molecule has 9 nitrogen and oxygen atoms in total. The lowest BCUT2D eigenvalue weighted by atomic mass is 10.1. The van der Waals surface area contributed by atoms with E-state index in [1.807, 2.05) is 15.8 Å². The van der Waals surface area contributed by atoms with Gasteiger partial charge in [0.05, 0.1) is 11.0 Å². The van der Waals surface area contributed by atoms with Gasteiger partial charge in [-0.25, -0.2) is 0 Å². The minimum atomic E-state index is -0.431. The van der Waals surface area contributed by atoms with Crippen LogP contribution in [0.5, 0.6) is 5.75 Å². The van der Waals surface area contributed by atoms with Crippen LogP contribution in [0.25, 0.3) is 0 Å². The van der Waals surface area contributed by atoms with Crippen LogP contribution in [0.2, 0.25) is 0 Å². The third kappa shape index (κ3) is 5.09. The molecule has 2 aromatic rings. The molecular formula is C20H26ClN5O4. The Kier molecular flexibility index (Phi) is 7.28. The van der Waals surface area contributed by atoms with Gasteiger partial charge in [-0.1, -0.05) is 0 Å². The number of carbonyl (C=O) groups is 1. The molecule has 1 aromatic heterocycles. The van der Waals surface area contributed by atoms with Gasteiger partial charge in [-0.15, -0.1) is 12.4 Å². The van der Waals surface area contributed by atoms with Gasteiger partial charge in [0.15, 0.2) is 0 Å². The van der Waals surface area contributed by atoms with Gasteiger partial charge in [-0.2, -0.15) is 5.10 Å². The van der Waals surface area contributed by atoms with E-state index < -0.39 is 4.92 Å². The largest absolute Gasteiger partial charge is 0.490 e. The number of amides is 1. The zero-order valence-corrected chi connectivity index (χ0v) is 17.4. The third-order valence-electron chi connectivity index (χ3n) is 5.55. The predicted molar refractivity (Wildman–Crippen MR) is 113 cm³/mol. The Hall–Kier alpha value is -2.65. The van der Waals surface area contributed by atoms with Crippen molar-refractivity contribution in [1.82, 2.24) is 20.0 Å². The van der Waals surface area contributed by atoms with Gasteiger partial charge in [0.25, 0.3) is 11.6 Å². The van der Waals surface area contributed by atoms with Gasteiger partial charge < -0.3 is 15.0 Å². The minimum absolute atomic E-state index is 0. The summed E-state index contributed by atoms with van der Waals surface area (Å²) in [7, 11) is 0. The number of aromatic nitrogens is 2. The maximum absolute atomic E-state index is 12.8. The fourth-order valence-corrected chi connectivity index (χ4v) is 3.89. The number of likely N-dealkylation sites (tertiary alicyclic amines) is 1. The number of rotatable bonds is 5.